The van der Waals surface area contributed by atoms with Crippen LogP contribution in [-0.4, -0.2) is 9.97 Å². The fourth-order valence-corrected chi connectivity index (χ4v) is 3.75. The second-order valence-corrected chi connectivity index (χ2v) is 7.18. The van der Waals surface area contributed by atoms with Gasteiger partial charge in [0.25, 0.3) is 0 Å². The molecule has 0 amide bonds. The largest absolute Gasteiger partial charge is 0.236 e. The maximum Gasteiger partial charge on any atom is 0.146 e. The Hall–Kier alpha value is -0.680. The van der Waals surface area contributed by atoms with Gasteiger partial charge in [-0.1, -0.05) is 61.2 Å². The van der Waals surface area contributed by atoms with E-state index in [4.69, 9.17) is 16.6 Å². The monoisotopic (exact) mass is 412 g/mol. The molecule has 1 fully saturated rings. The van der Waals surface area contributed by atoms with Crippen molar-refractivity contribution in [2.45, 2.75) is 44.4 Å². The van der Waals surface area contributed by atoms with Gasteiger partial charge in [0.05, 0.1) is 14.7 Å². The lowest BCUT2D eigenvalue weighted by Gasteiger charge is -2.36. The smallest absolute Gasteiger partial charge is 0.146 e. The summed E-state index contributed by atoms with van der Waals surface area (Å²) in [6.45, 7) is 2.01. The van der Waals surface area contributed by atoms with Crippen LogP contribution in [0.1, 0.15) is 49.2 Å². The highest BCUT2D eigenvalue weighted by atomic mass is 127. The molecule has 3 rings (SSSR count). The van der Waals surface area contributed by atoms with Crippen molar-refractivity contribution in [1.82, 2.24) is 9.97 Å². The van der Waals surface area contributed by atoms with E-state index in [1.54, 1.807) is 0 Å². The lowest BCUT2D eigenvalue weighted by Crippen LogP contribution is -2.33. The van der Waals surface area contributed by atoms with E-state index in [2.05, 4.69) is 57.9 Å². The average Bonchev–Trinajstić information content (AvgIpc) is 2.53. The molecule has 0 N–H and O–H groups in total. The summed E-state index contributed by atoms with van der Waals surface area (Å²) in [5.41, 5.74) is 2.23. The molecule has 110 valence electrons. The summed E-state index contributed by atoms with van der Waals surface area (Å²) in [6, 6.07) is 10.7. The average molecular weight is 413 g/mol. The zero-order valence-electron chi connectivity index (χ0n) is 12.1. The maximum absolute atomic E-state index is 6.33. The Morgan fingerprint density at radius 1 is 1.05 bits per heavy atom. The van der Waals surface area contributed by atoms with E-state index >= 15 is 0 Å². The van der Waals surface area contributed by atoms with Crippen LogP contribution in [0.4, 0.5) is 0 Å². The van der Waals surface area contributed by atoms with Crippen LogP contribution < -0.4 is 0 Å². The number of benzene rings is 1. The molecule has 1 aliphatic carbocycles. The van der Waals surface area contributed by atoms with Crippen molar-refractivity contribution in [3.05, 3.63) is 56.1 Å². The van der Waals surface area contributed by atoms with Crippen molar-refractivity contribution in [3.8, 4) is 0 Å². The van der Waals surface area contributed by atoms with Gasteiger partial charge in [-0.25, -0.2) is 9.97 Å². The number of aromatic nitrogens is 2. The first-order chi connectivity index (χ1) is 10.1. The number of halogens is 2. The zero-order valence-corrected chi connectivity index (χ0v) is 15.0. The third kappa shape index (κ3) is 2.82. The lowest BCUT2D eigenvalue weighted by atomic mass is 9.68. The Labute approximate surface area is 144 Å². The van der Waals surface area contributed by atoms with Crippen LogP contribution in [0.15, 0.2) is 30.3 Å². The van der Waals surface area contributed by atoms with Crippen LogP contribution in [0.3, 0.4) is 0 Å². The van der Waals surface area contributed by atoms with Crippen LogP contribution in [-0.2, 0) is 5.41 Å². The van der Waals surface area contributed by atoms with Gasteiger partial charge in [-0.05, 0) is 47.9 Å². The number of hydrogen-bond donors (Lipinski definition) is 0. The van der Waals surface area contributed by atoms with Crippen molar-refractivity contribution in [2.75, 3.05) is 0 Å². The number of nitrogens with zero attached hydrogens (tertiary/aromatic N) is 2. The molecule has 0 bridgehead atoms. The predicted octanol–water partition coefficient (Wildman–Crippen LogP) is 5.29. The molecule has 0 spiro atoms. The van der Waals surface area contributed by atoms with Gasteiger partial charge in [-0.3, -0.25) is 0 Å². The Bertz CT molecular complexity index is 613. The van der Waals surface area contributed by atoms with E-state index in [-0.39, 0.29) is 5.41 Å². The molecule has 0 radical (unpaired) electrons. The third-order valence-corrected chi connectivity index (χ3v) is 6.32. The van der Waals surface area contributed by atoms with E-state index in [9.17, 15) is 0 Å². The molecular formula is C17H18ClIN2. The van der Waals surface area contributed by atoms with E-state index in [1.807, 2.05) is 6.92 Å². The minimum absolute atomic E-state index is 0.0712. The molecule has 4 heteroatoms. The fraction of sp³-hybridized carbons (Fsp3) is 0.412. The van der Waals surface area contributed by atoms with Gasteiger partial charge < -0.3 is 0 Å². The predicted molar refractivity (Wildman–Crippen MR) is 94.8 cm³/mol. The Morgan fingerprint density at radius 3 is 2.33 bits per heavy atom. The topological polar surface area (TPSA) is 25.8 Å². The summed E-state index contributed by atoms with van der Waals surface area (Å²) < 4.78 is 0.956. The van der Waals surface area contributed by atoms with Crippen molar-refractivity contribution in [3.63, 3.8) is 0 Å². The van der Waals surface area contributed by atoms with Gasteiger partial charge in [0.1, 0.15) is 11.0 Å². The van der Waals surface area contributed by atoms with Gasteiger partial charge in [-0.2, -0.15) is 0 Å². The summed E-state index contributed by atoms with van der Waals surface area (Å²) in [5, 5.41) is 0.582. The molecule has 2 aromatic rings. The van der Waals surface area contributed by atoms with Crippen LogP contribution in [0.5, 0.6) is 0 Å². The van der Waals surface area contributed by atoms with Gasteiger partial charge in [-0.15, -0.1) is 0 Å². The summed E-state index contributed by atoms with van der Waals surface area (Å²) in [5.74, 6) is 0.899. The lowest BCUT2D eigenvalue weighted by molar-refractivity contribution is 0.329. The summed E-state index contributed by atoms with van der Waals surface area (Å²) in [6.07, 6.45) is 5.95. The molecule has 1 saturated carbocycles. The number of hydrogen-bond acceptors (Lipinski definition) is 2. The molecule has 21 heavy (non-hydrogen) atoms. The first-order valence-electron chi connectivity index (χ1n) is 7.39. The first kappa shape index (κ1) is 15.2. The van der Waals surface area contributed by atoms with Crippen LogP contribution in [0.25, 0.3) is 0 Å². The highest BCUT2D eigenvalue weighted by Crippen LogP contribution is 2.43. The quantitative estimate of drug-likeness (QED) is 0.494. The Balaban J connectivity index is 2.17. The SMILES string of the molecule is Cc1nc(C2(c3ccccc3)CCCCC2)nc(Cl)c1I. The number of rotatable bonds is 2. The molecule has 1 aliphatic rings. The van der Waals surface area contributed by atoms with Crippen LogP contribution in [0, 0.1) is 10.5 Å². The zero-order chi connectivity index (χ0) is 14.9. The van der Waals surface area contributed by atoms with Crippen molar-refractivity contribution < 1.29 is 0 Å². The maximum atomic E-state index is 6.33. The Kier molecular flexibility index (Phi) is 4.50. The molecule has 0 saturated heterocycles. The third-order valence-electron chi connectivity index (χ3n) is 4.44. The molecule has 0 unspecified atom stereocenters. The molecule has 1 aromatic carbocycles. The normalized spacial score (nSPS) is 17.7. The van der Waals surface area contributed by atoms with Gasteiger partial charge >= 0.3 is 0 Å². The summed E-state index contributed by atoms with van der Waals surface area (Å²) in [7, 11) is 0. The highest BCUT2D eigenvalue weighted by molar-refractivity contribution is 14.1. The minimum Gasteiger partial charge on any atom is -0.236 e. The van der Waals surface area contributed by atoms with E-state index < -0.39 is 0 Å². The molecule has 0 aliphatic heterocycles. The van der Waals surface area contributed by atoms with Gasteiger partial charge in [0.15, 0.2) is 0 Å². The second kappa shape index (κ2) is 6.21. The molecular weight excluding hydrogens is 395 g/mol. The van der Waals surface area contributed by atoms with Crippen molar-refractivity contribution in [2.24, 2.45) is 0 Å². The fourth-order valence-electron chi connectivity index (χ4n) is 3.29. The van der Waals surface area contributed by atoms with E-state index in [0.29, 0.717) is 5.15 Å². The van der Waals surface area contributed by atoms with Gasteiger partial charge in [0, 0.05) is 0 Å². The Morgan fingerprint density at radius 2 is 1.71 bits per heavy atom. The molecule has 1 aromatic heterocycles. The highest BCUT2D eigenvalue weighted by Gasteiger charge is 2.38. The van der Waals surface area contributed by atoms with Crippen LogP contribution >= 0.6 is 34.2 Å². The molecule has 2 nitrogen and oxygen atoms in total. The second-order valence-electron chi connectivity index (χ2n) is 5.75. The molecule has 0 atom stereocenters. The minimum atomic E-state index is -0.0712. The summed E-state index contributed by atoms with van der Waals surface area (Å²) >= 11 is 8.55. The summed E-state index contributed by atoms with van der Waals surface area (Å²) in [4.78, 5) is 9.46. The van der Waals surface area contributed by atoms with Crippen molar-refractivity contribution in [1.29, 1.82) is 0 Å². The van der Waals surface area contributed by atoms with Gasteiger partial charge in [0.2, 0.25) is 0 Å². The number of aryl methyl sites for hydroxylation is 1. The van der Waals surface area contributed by atoms with E-state index in [0.717, 1.165) is 27.9 Å². The standard InChI is InChI=1S/C17H18ClIN2/c1-12-14(19)15(18)21-16(20-12)17(10-6-3-7-11-17)13-8-4-2-5-9-13/h2,4-5,8-9H,3,6-7,10-11H2,1H3. The van der Waals surface area contributed by atoms with E-state index in [1.165, 1.54) is 24.8 Å². The molecule has 1 heterocycles. The van der Waals surface area contributed by atoms with Crippen LogP contribution in [0.2, 0.25) is 5.15 Å². The first-order valence-corrected chi connectivity index (χ1v) is 8.85. The van der Waals surface area contributed by atoms with Crippen molar-refractivity contribution >= 4 is 34.2 Å².